The summed E-state index contributed by atoms with van der Waals surface area (Å²) in [5.74, 6) is -1.90. The summed E-state index contributed by atoms with van der Waals surface area (Å²) >= 11 is 0. The lowest BCUT2D eigenvalue weighted by atomic mass is 10.2. The molecule has 1 atom stereocenters. The van der Waals surface area contributed by atoms with Crippen molar-refractivity contribution in [2.24, 2.45) is 0 Å². The summed E-state index contributed by atoms with van der Waals surface area (Å²) in [6, 6.07) is 7.46. The Balaban J connectivity index is 2.01. The van der Waals surface area contributed by atoms with Crippen LogP contribution < -0.4 is 5.06 Å². The third-order valence-corrected chi connectivity index (χ3v) is 2.48. The van der Waals surface area contributed by atoms with Crippen molar-refractivity contribution in [2.75, 3.05) is 5.06 Å². The fraction of sp³-hybridized carbons (Fsp3) is 0.200. The molecule has 0 N–H and O–H groups in total. The molecule has 2 aliphatic rings. The minimum atomic E-state index is -0.969. The van der Waals surface area contributed by atoms with Crippen molar-refractivity contribution in [3.05, 3.63) is 29.8 Å². The SMILES string of the molecule is O=C1OC2Cc3ccccc3N2OC1=O. The number of esters is 1. The zero-order valence-corrected chi connectivity index (χ0v) is 7.67. The van der Waals surface area contributed by atoms with Crippen molar-refractivity contribution >= 4 is 17.6 Å². The lowest BCUT2D eigenvalue weighted by Gasteiger charge is -2.28. The highest BCUT2D eigenvalue weighted by Crippen LogP contribution is 2.34. The van der Waals surface area contributed by atoms with Gasteiger partial charge in [-0.1, -0.05) is 18.2 Å². The van der Waals surface area contributed by atoms with Crippen LogP contribution in [0.25, 0.3) is 0 Å². The molecule has 0 bridgehead atoms. The van der Waals surface area contributed by atoms with Crippen LogP contribution in [0.2, 0.25) is 0 Å². The van der Waals surface area contributed by atoms with Gasteiger partial charge in [0.15, 0.2) is 0 Å². The van der Waals surface area contributed by atoms with Crippen LogP contribution in [0.15, 0.2) is 24.3 Å². The minimum absolute atomic E-state index is 0.507. The molecule has 3 rings (SSSR count). The number of hydroxylamine groups is 1. The zero-order valence-electron chi connectivity index (χ0n) is 7.67. The van der Waals surface area contributed by atoms with Gasteiger partial charge in [0.1, 0.15) is 0 Å². The van der Waals surface area contributed by atoms with Gasteiger partial charge in [-0.15, -0.1) is 0 Å². The Morgan fingerprint density at radius 2 is 2.00 bits per heavy atom. The fourth-order valence-corrected chi connectivity index (χ4v) is 1.82. The number of rotatable bonds is 0. The second-order valence-corrected chi connectivity index (χ2v) is 3.40. The van der Waals surface area contributed by atoms with Crippen molar-refractivity contribution in [2.45, 2.75) is 12.6 Å². The van der Waals surface area contributed by atoms with Crippen LogP contribution >= 0.6 is 0 Å². The molecular formula is C10H7NO4. The predicted octanol–water partition coefficient (Wildman–Crippen LogP) is 0.390. The molecule has 5 nitrogen and oxygen atoms in total. The lowest BCUT2D eigenvalue weighted by Crippen LogP contribution is -2.46. The molecule has 1 unspecified atom stereocenters. The number of carbonyl (C=O) groups is 2. The molecule has 2 aliphatic heterocycles. The summed E-state index contributed by atoms with van der Waals surface area (Å²) in [6.07, 6.45) is 0.0439. The van der Waals surface area contributed by atoms with Gasteiger partial charge in [-0.25, -0.2) is 9.59 Å². The van der Waals surface area contributed by atoms with Crippen LogP contribution in [0.3, 0.4) is 0 Å². The first-order chi connectivity index (χ1) is 7.25. The molecule has 15 heavy (non-hydrogen) atoms. The number of hydrogen-bond donors (Lipinski definition) is 0. The Labute approximate surface area is 85.1 Å². The smallest absolute Gasteiger partial charge is 0.430 e. The summed E-state index contributed by atoms with van der Waals surface area (Å²) in [4.78, 5) is 26.8. The first kappa shape index (κ1) is 8.28. The highest BCUT2D eigenvalue weighted by Gasteiger charge is 2.42. The van der Waals surface area contributed by atoms with E-state index >= 15 is 0 Å². The van der Waals surface area contributed by atoms with Gasteiger partial charge in [0.25, 0.3) is 0 Å². The van der Waals surface area contributed by atoms with Crippen LogP contribution in [-0.2, 0) is 25.6 Å². The van der Waals surface area contributed by atoms with Crippen LogP contribution in [-0.4, -0.2) is 18.2 Å². The van der Waals surface area contributed by atoms with E-state index in [1.165, 1.54) is 5.06 Å². The number of fused-ring (bicyclic) bond motifs is 3. The van der Waals surface area contributed by atoms with Gasteiger partial charge in [-0.3, -0.25) is 0 Å². The summed E-state index contributed by atoms with van der Waals surface area (Å²) in [6.45, 7) is 0. The molecule has 76 valence electrons. The Morgan fingerprint density at radius 3 is 2.87 bits per heavy atom. The van der Waals surface area contributed by atoms with E-state index in [2.05, 4.69) is 0 Å². The Hall–Kier alpha value is -2.04. The van der Waals surface area contributed by atoms with Crippen molar-refractivity contribution in [3.63, 3.8) is 0 Å². The number of hydrogen-bond acceptors (Lipinski definition) is 5. The van der Waals surface area contributed by atoms with E-state index in [0.29, 0.717) is 6.42 Å². The monoisotopic (exact) mass is 205 g/mol. The standard InChI is InChI=1S/C10H7NO4/c12-9-10(13)15-11-7-4-2-1-3-6(7)5-8(11)14-9/h1-4,8H,5H2. The molecule has 1 aromatic carbocycles. The van der Waals surface area contributed by atoms with Crippen molar-refractivity contribution < 1.29 is 19.2 Å². The molecule has 0 radical (unpaired) electrons. The van der Waals surface area contributed by atoms with Gasteiger partial charge in [0, 0.05) is 6.42 Å². The first-order valence-corrected chi connectivity index (χ1v) is 4.56. The number of benzene rings is 1. The Bertz CT molecular complexity index is 456. The zero-order chi connectivity index (χ0) is 10.4. The van der Waals surface area contributed by atoms with E-state index in [1.807, 2.05) is 24.3 Å². The normalized spacial score (nSPS) is 22.9. The van der Waals surface area contributed by atoms with Crippen molar-refractivity contribution in [1.29, 1.82) is 0 Å². The summed E-state index contributed by atoms with van der Waals surface area (Å²) in [5.41, 5.74) is 1.79. The van der Waals surface area contributed by atoms with Gasteiger partial charge in [0.05, 0.1) is 5.69 Å². The van der Waals surface area contributed by atoms with E-state index in [-0.39, 0.29) is 0 Å². The summed E-state index contributed by atoms with van der Waals surface area (Å²) in [5, 5.41) is 1.35. The molecule has 1 aromatic rings. The number of ether oxygens (including phenoxy) is 1. The van der Waals surface area contributed by atoms with Crippen molar-refractivity contribution in [1.82, 2.24) is 0 Å². The van der Waals surface area contributed by atoms with Gasteiger partial charge >= 0.3 is 11.9 Å². The van der Waals surface area contributed by atoms with E-state index in [1.54, 1.807) is 0 Å². The molecule has 2 heterocycles. The quantitative estimate of drug-likeness (QED) is 0.453. The molecule has 1 fully saturated rings. The van der Waals surface area contributed by atoms with Crippen LogP contribution in [0.5, 0.6) is 0 Å². The number of nitrogens with zero attached hydrogens (tertiary/aromatic N) is 1. The van der Waals surface area contributed by atoms with Crippen molar-refractivity contribution in [3.8, 4) is 0 Å². The number of carbonyl (C=O) groups excluding carboxylic acids is 2. The minimum Gasteiger partial charge on any atom is -0.430 e. The molecule has 0 aromatic heterocycles. The van der Waals surface area contributed by atoms with Gasteiger partial charge in [-0.2, -0.15) is 5.06 Å². The lowest BCUT2D eigenvalue weighted by molar-refractivity contribution is -0.187. The summed E-state index contributed by atoms with van der Waals surface area (Å²) < 4.78 is 4.92. The first-order valence-electron chi connectivity index (χ1n) is 4.56. The number of anilines is 1. The molecule has 0 amide bonds. The average Bonchev–Trinajstić information content (AvgIpc) is 2.57. The maximum absolute atomic E-state index is 11.0. The largest absolute Gasteiger partial charge is 0.441 e. The maximum atomic E-state index is 11.0. The topological polar surface area (TPSA) is 55.8 Å². The fourth-order valence-electron chi connectivity index (χ4n) is 1.82. The van der Waals surface area contributed by atoms with Gasteiger partial charge < -0.3 is 9.57 Å². The molecule has 0 saturated carbocycles. The van der Waals surface area contributed by atoms with Crippen LogP contribution in [0.4, 0.5) is 5.69 Å². The second-order valence-electron chi connectivity index (χ2n) is 3.40. The van der Waals surface area contributed by atoms with E-state index in [4.69, 9.17) is 9.57 Å². The third-order valence-electron chi connectivity index (χ3n) is 2.48. The van der Waals surface area contributed by atoms with E-state index in [9.17, 15) is 9.59 Å². The van der Waals surface area contributed by atoms with Crippen LogP contribution in [0, 0.1) is 0 Å². The predicted molar refractivity (Wildman–Crippen MR) is 48.6 cm³/mol. The molecule has 0 spiro atoms. The van der Waals surface area contributed by atoms with Crippen LogP contribution in [0.1, 0.15) is 5.56 Å². The highest BCUT2D eigenvalue weighted by atomic mass is 16.8. The van der Waals surface area contributed by atoms with E-state index in [0.717, 1.165) is 11.3 Å². The average molecular weight is 205 g/mol. The third kappa shape index (κ3) is 1.09. The molecule has 5 heteroatoms. The maximum Gasteiger partial charge on any atom is 0.441 e. The molecule has 0 aliphatic carbocycles. The van der Waals surface area contributed by atoms with E-state index < -0.39 is 18.2 Å². The Morgan fingerprint density at radius 1 is 1.20 bits per heavy atom. The molecule has 1 saturated heterocycles. The second kappa shape index (κ2) is 2.73. The summed E-state index contributed by atoms with van der Waals surface area (Å²) in [7, 11) is 0. The highest BCUT2D eigenvalue weighted by molar-refractivity contribution is 6.30. The number of para-hydroxylation sites is 1. The van der Waals surface area contributed by atoms with Gasteiger partial charge in [0.2, 0.25) is 6.23 Å². The molecular weight excluding hydrogens is 198 g/mol. The Kier molecular flexibility index (Phi) is 1.50. The van der Waals surface area contributed by atoms with Gasteiger partial charge in [-0.05, 0) is 11.6 Å².